The van der Waals surface area contributed by atoms with E-state index in [1.807, 2.05) is 18.2 Å². The smallest absolute Gasteiger partial charge is 0.170 e. The third-order valence-corrected chi connectivity index (χ3v) is 3.66. The molecular weight excluding hydrogens is 276 g/mol. The van der Waals surface area contributed by atoms with Gasteiger partial charge in [0.2, 0.25) is 0 Å². The van der Waals surface area contributed by atoms with Crippen molar-refractivity contribution in [2.75, 3.05) is 11.9 Å². The normalized spacial score (nSPS) is 10.1. The van der Waals surface area contributed by atoms with E-state index in [9.17, 15) is 0 Å². The van der Waals surface area contributed by atoms with Crippen LogP contribution < -0.4 is 10.6 Å². The Bertz CT molecular complexity index is 566. The van der Waals surface area contributed by atoms with Gasteiger partial charge in [-0.1, -0.05) is 48.5 Å². The van der Waals surface area contributed by atoms with Gasteiger partial charge in [-0.25, -0.2) is 0 Å². The van der Waals surface area contributed by atoms with Crippen LogP contribution in [-0.2, 0) is 6.42 Å². The van der Waals surface area contributed by atoms with Crippen LogP contribution in [0.1, 0.15) is 24.0 Å². The molecule has 2 nitrogen and oxygen atoms in total. The Labute approximate surface area is 132 Å². The van der Waals surface area contributed by atoms with Gasteiger partial charge >= 0.3 is 0 Å². The number of unbranched alkanes of at least 4 members (excludes halogenated alkanes) is 1. The second kappa shape index (κ2) is 8.42. The number of nitrogens with one attached hydrogen (secondary N) is 2. The average molecular weight is 298 g/mol. The van der Waals surface area contributed by atoms with Gasteiger partial charge in [0.25, 0.3) is 0 Å². The molecule has 0 saturated heterocycles. The number of para-hydroxylation sites is 1. The molecule has 3 heteroatoms. The van der Waals surface area contributed by atoms with E-state index in [4.69, 9.17) is 12.2 Å². The zero-order valence-corrected chi connectivity index (χ0v) is 13.2. The van der Waals surface area contributed by atoms with Crippen molar-refractivity contribution in [1.82, 2.24) is 5.32 Å². The highest BCUT2D eigenvalue weighted by Crippen LogP contribution is 2.12. The monoisotopic (exact) mass is 298 g/mol. The topological polar surface area (TPSA) is 24.1 Å². The molecule has 0 aromatic heterocycles. The van der Waals surface area contributed by atoms with E-state index in [1.165, 1.54) is 17.5 Å². The van der Waals surface area contributed by atoms with E-state index in [2.05, 4.69) is 54.0 Å². The van der Waals surface area contributed by atoms with Crippen molar-refractivity contribution in [3.05, 3.63) is 65.7 Å². The van der Waals surface area contributed by atoms with Crippen molar-refractivity contribution in [1.29, 1.82) is 0 Å². The van der Waals surface area contributed by atoms with Crippen LogP contribution in [0.2, 0.25) is 0 Å². The van der Waals surface area contributed by atoms with Gasteiger partial charge in [0, 0.05) is 12.2 Å². The number of anilines is 1. The molecular formula is C18H22N2S. The maximum absolute atomic E-state index is 5.32. The van der Waals surface area contributed by atoms with E-state index in [0.717, 1.165) is 25.1 Å². The molecule has 0 aliphatic carbocycles. The van der Waals surface area contributed by atoms with Crippen molar-refractivity contribution in [3.8, 4) is 0 Å². The fraction of sp³-hybridized carbons (Fsp3) is 0.278. The minimum absolute atomic E-state index is 0.698. The lowest BCUT2D eigenvalue weighted by atomic mass is 10.1. The predicted molar refractivity (Wildman–Crippen MR) is 94.8 cm³/mol. The average Bonchev–Trinajstić information content (AvgIpc) is 2.50. The van der Waals surface area contributed by atoms with Gasteiger partial charge in [0.15, 0.2) is 5.11 Å². The molecule has 21 heavy (non-hydrogen) atoms. The molecule has 110 valence electrons. The molecule has 0 atom stereocenters. The maximum atomic E-state index is 5.32. The number of hydrogen-bond donors (Lipinski definition) is 2. The van der Waals surface area contributed by atoms with Crippen LogP contribution in [0.4, 0.5) is 5.69 Å². The number of aryl methyl sites for hydroxylation is 2. The number of benzene rings is 2. The van der Waals surface area contributed by atoms with E-state index in [-0.39, 0.29) is 0 Å². The van der Waals surface area contributed by atoms with Crippen molar-refractivity contribution < 1.29 is 0 Å². The molecule has 0 amide bonds. The minimum atomic E-state index is 0.698. The van der Waals surface area contributed by atoms with Crippen LogP contribution in [0.25, 0.3) is 0 Å². The first-order valence-electron chi connectivity index (χ1n) is 7.40. The molecule has 0 aliphatic heterocycles. The van der Waals surface area contributed by atoms with Crippen molar-refractivity contribution in [2.24, 2.45) is 0 Å². The molecule has 2 N–H and O–H groups in total. The second-order valence-corrected chi connectivity index (χ2v) is 5.55. The fourth-order valence-electron chi connectivity index (χ4n) is 2.18. The predicted octanol–water partition coefficient (Wildman–Crippen LogP) is 4.30. The number of hydrogen-bond acceptors (Lipinski definition) is 1. The highest BCUT2D eigenvalue weighted by molar-refractivity contribution is 7.80. The Morgan fingerprint density at radius 1 is 0.952 bits per heavy atom. The van der Waals surface area contributed by atoms with Gasteiger partial charge < -0.3 is 10.6 Å². The van der Waals surface area contributed by atoms with Crippen molar-refractivity contribution in [2.45, 2.75) is 26.2 Å². The Kier molecular flexibility index (Phi) is 6.22. The van der Waals surface area contributed by atoms with Gasteiger partial charge in [-0.05, 0) is 55.6 Å². The van der Waals surface area contributed by atoms with Crippen molar-refractivity contribution in [3.63, 3.8) is 0 Å². The molecule has 0 radical (unpaired) electrons. The van der Waals surface area contributed by atoms with Gasteiger partial charge in [-0.3, -0.25) is 0 Å². The molecule has 0 unspecified atom stereocenters. The standard InChI is InChI=1S/C18H22N2S/c1-15-9-5-6-13-17(15)20-18(21)19-14-8-7-12-16-10-3-2-4-11-16/h2-6,9-11,13H,7-8,12,14H2,1H3,(H2,19,20,21). The summed E-state index contributed by atoms with van der Waals surface area (Å²) in [6, 6.07) is 18.8. The summed E-state index contributed by atoms with van der Waals surface area (Å²) in [5.41, 5.74) is 3.67. The van der Waals surface area contributed by atoms with Crippen LogP contribution in [0.5, 0.6) is 0 Å². The highest BCUT2D eigenvalue weighted by Gasteiger charge is 1.99. The molecule has 2 aromatic rings. The van der Waals surface area contributed by atoms with Crippen molar-refractivity contribution >= 4 is 23.0 Å². The lowest BCUT2D eigenvalue weighted by Crippen LogP contribution is -2.29. The Hall–Kier alpha value is -1.87. The molecule has 0 fully saturated rings. The molecule has 0 bridgehead atoms. The van der Waals surface area contributed by atoms with Gasteiger partial charge in [-0.2, -0.15) is 0 Å². The molecule has 0 aliphatic rings. The molecule has 2 aromatic carbocycles. The van der Waals surface area contributed by atoms with Crippen LogP contribution in [-0.4, -0.2) is 11.7 Å². The van der Waals surface area contributed by atoms with E-state index >= 15 is 0 Å². The van der Waals surface area contributed by atoms with E-state index in [0.29, 0.717) is 5.11 Å². The summed E-state index contributed by atoms with van der Waals surface area (Å²) in [7, 11) is 0. The highest BCUT2D eigenvalue weighted by atomic mass is 32.1. The fourth-order valence-corrected chi connectivity index (χ4v) is 2.39. The zero-order valence-electron chi connectivity index (χ0n) is 12.4. The Morgan fingerprint density at radius 3 is 2.43 bits per heavy atom. The maximum Gasteiger partial charge on any atom is 0.170 e. The van der Waals surface area contributed by atoms with Gasteiger partial charge in [-0.15, -0.1) is 0 Å². The number of rotatable bonds is 6. The van der Waals surface area contributed by atoms with Crippen LogP contribution in [0.15, 0.2) is 54.6 Å². The summed E-state index contributed by atoms with van der Waals surface area (Å²) in [4.78, 5) is 0. The first-order chi connectivity index (χ1) is 10.3. The second-order valence-electron chi connectivity index (χ2n) is 5.14. The van der Waals surface area contributed by atoms with Crippen LogP contribution >= 0.6 is 12.2 Å². The van der Waals surface area contributed by atoms with E-state index in [1.54, 1.807) is 0 Å². The SMILES string of the molecule is Cc1ccccc1NC(=S)NCCCCc1ccccc1. The quantitative estimate of drug-likeness (QED) is 0.614. The molecule has 0 spiro atoms. The number of thiocarbonyl (C=S) groups is 1. The summed E-state index contributed by atoms with van der Waals surface area (Å²) >= 11 is 5.32. The summed E-state index contributed by atoms with van der Waals surface area (Å²) in [5, 5.41) is 7.20. The van der Waals surface area contributed by atoms with Crippen LogP contribution in [0, 0.1) is 6.92 Å². The summed E-state index contributed by atoms with van der Waals surface area (Å²) in [6.45, 7) is 2.98. The summed E-state index contributed by atoms with van der Waals surface area (Å²) in [6.07, 6.45) is 3.41. The first kappa shape index (κ1) is 15.5. The lowest BCUT2D eigenvalue weighted by molar-refractivity contribution is 0.711. The zero-order chi connectivity index (χ0) is 14.9. The third kappa shape index (κ3) is 5.56. The largest absolute Gasteiger partial charge is 0.362 e. The van der Waals surface area contributed by atoms with E-state index < -0.39 is 0 Å². The molecule has 0 heterocycles. The minimum Gasteiger partial charge on any atom is -0.362 e. The lowest BCUT2D eigenvalue weighted by Gasteiger charge is -2.12. The van der Waals surface area contributed by atoms with Gasteiger partial charge in [0.1, 0.15) is 0 Å². The van der Waals surface area contributed by atoms with Crippen LogP contribution in [0.3, 0.4) is 0 Å². The summed E-state index contributed by atoms with van der Waals surface area (Å²) in [5.74, 6) is 0. The first-order valence-corrected chi connectivity index (χ1v) is 7.81. The molecule has 0 saturated carbocycles. The Morgan fingerprint density at radius 2 is 1.67 bits per heavy atom. The Balaban J connectivity index is 1.63. The summed E-state index contributed by atoms with van der Waals surface area (Å²) < 4.78 is 0. The molecule has 2 rings (SSSR count). The third-order valence-electron chi connectivity index (χ3n) is 3.41. The van der Waals surface area contributed by atoms with Gasteiger partial charge in [0.05, 0.1) is 0 Å².